The molecule has 3 aliphatic rings. The molecule has 0 unspecified atom stereocenters. The number of fused-ring (bicyclic) bond motifs is 1. The van der Waals surface area contributed by atoms with Gasteiger partial charge in [0.15, 0.2) is 0 Å². The summed E-state index contributed by atoms with van der Waals surface area (Å²) < 4.78 is 11.2. The third-order valence-corrected chi connectivity index (χ3v) is 5.18. The smallest absolute Gasteiger partial charge is 0.251 e. The molecule has 0 spiro atoms. The molecule has 0 aliphatic carbocycles. The second kappa shape index (κ2) is 6.63. The summed E-state index contributed by atoms with van der Waals surface area (Å²) in [5, 5.41) is 1.54. The lowest BCUT2D eigenvalue weighted by atomic mass is 9.83. The largest absolute Gasteiger partial charge is 0.472 e. The summed E-state index contributed by atoms with van der Waals surface area (Å²) in [4.78, 5) is 20.3. The van der Waals surface area contributed by atoms with Crippen molar-refractivity contribution in [2.75, 3.05) is 32.8 Å². The van der Waals surface area contributed by atoms with E-state index in [9.17, 15) is 4.79 Å². The Morgan fingerprint density at radius 1 is 1.35 bits per heavy atom. The van der Waals surface area contributed by atoms with E-state index in [1.807, 2.05) is 6.07 Å². The Bertz CT molecular complexity index is 527. The van der Waals surface area contributed by atoms with E-state index in [4.69, 9.17) is 14.0 Å². The number of hydroxylamine groups is 2. The highest BCUT2D eigenvalue weighted by atomic mass is 16.7. The Labute approximate surface area is 136 Å². The van der Waals surface area contributed by atoms with Crippen LogP contribution in [0, 0.1) is 11.8 Å². The van der Waals surface area contributed by atoms with E-state index in [1.54, 1.807) is 17.6 Å². The quantitative estimate of drug-likeness (QED) is 0.848. The average Bonchev–Trinajstić information content (AvgIpc) is 3.27. The number of carbonyl (C=O) groups excluding carboxylic acids is 1. The highest BCUT2D eigenvalue weighted by molar-refractivity contribution is 5.78. The second-order valence-corrected chi connectivity index (χ2v) is 6.85. The van der Waals surface area contributed by atoms with Crippen molar-refractivity contribution in [1.29, 1.82) is 0 Å². The maximum atomic E-state index is 12.5. The van der Waals surface area contributed by atoms with Crippen molar-refractivity contribution < 1.29 is 18.8 Å². The number of hydrogen-bond acceptors (Lipinski definition) is 5. The van der Waals surface area contributed by atoms with Crippen LogP contribution < -0.4 is 0 Å². The van der Waals surface area contributed by atoms with E-state index in [1.165, 1.54) is 5.56 Å². The van der Waals surface area contributed by atoms with E-state index in [2.05, 4.69) is 4.90 Å². The molecule has 23 heavy (non-hydrogen) atoms. The Kier molecular flexibility index (Phi) is 4.37. The molecule has 6 nitrogen and oxygen atoms in total. The van der Waals surface area contributed by atoms with Crippen molar-refractivity contribution in [2.45, 2.75) is 31.9 Å². The van der Waals surface area contributed by atoms with Gasteiger partial charge in [0.25, 0.3) is 5.91 Å². The van der Waals surface area contributed by atoms with Crippen LogP contribution in [0.5, 0.6) is 0 Å². The molecular weight excluding hydrogens is 296 g/mol. The number of ether oxygens (including phenoxy) is 1. The highest BCUT2D eigenvalue weighted by Crippen LogP contribution is 2.33. The molecule has 1 aromatic heterocycles. The van der Waals surface area contributed by atoms with E-state index < -0.39 is 0 Å². The van der Waals surface area contributed by atoms with E-state index in [0.717, 1.165) is 45.4 Å². The third-order valence-electron chi connectivity index (χ3n) is 5.18. The first-order valence-corrected chi connectivity index (χ1v) is 8.59. The van der Waals surface area contributed by atoms with Crippen molar-refractivity contribution in [3.63, 3.8) is 0 Å². The lowest BCUT2D eigenvalue weighted by Crippen LogP contribution is -2.50. The fourth-order valence-electron chi connectivity index (χ4n) is 3.99. The standard InChI is InChI=1S/C17H24N2O4/c20-17(19-4-1-6-23-19)15-8-14-10-18(5-2-16(14)22-12-15)9-13-3-7-21-11-13/h3,7,11,14-16H,1-2,4-6,8-10,12H2/t14-,15-,16+/m0/s1. The van der Waals surface area contributed by atoms with Gasteiger partial charge < -0.3 is 9.15 Å². The van der Waals surface area contributed by atoms with Crippen LogP contribution in [-0.2, 0) is 20.9 Å². The summed E-state index contributed by atoms with van der Waals surface area (Å²) in [5.74, 6) is 0.483. The van der Waals surface area contributed by atoms with Gasteiger partial charge in [0.05, 0.1) is 44.3 Å². The molecule has 3 saturated heterocycles. The molecule has 0 bridgehead atoms. The second-order valence-electron chi connectivity index (χ2n) is 6.85. The first-order valence-electron chi connectivity index (χ1n) is 8.59. The molecule has 126 valence electrons. The van der Waals surface area contributed by atoms with Crippen LogP contribution in [0.3, 0.4) is 0 Å². The predicted molar refractivity (Wildman–Crippen MR) is 82.2 cm³/mol. The number of carbonyl (C=O) groups is 1. The van der Waals surface area contributed by atoms with Crippen molar-refractivity contribution in [3.8, 4) is 0 Å². The Balaban J connectivity index is 1.35. The fraction of sp³-hybridized carbons (Fsp3) is 0.706. The summed E-state index contributed by atoms with van der Waals surface area (Å²) in [6.45, 7) is 4.86. The lowest BCUT2D eigenvalue weighted by Gasteiger charge is -2.43. The molecule has 4 heterocycles. The molecule has 1 amide bonds. The van der Waals surface area contributed by atoms with Crippen molar-refractivity contribution in [3.05, 3.63) is 24.2 Å². The lowest BCUT2D eigenvalue weighted by molar-refractivity contribution is -0.183. The highest BCUT2D eigenvalue weighted by Gasteiger charge is 2.40. The Morgan fingerprint density at radius 3 is 3.09 bits per heavy atom. The van der Waals surface area contributed by atoms with Gasteiger partial charge >= 0.3 is 0 Å². The number of nitrogens with zero attached hydrogens (tertiary/aromatic N) is 2. The molecule has 3 atom stereocenters. The molecule has 3 aliphatic heterocycles. The minimum atomic E-state index is -0.0526. The molecule has 6 heteroatoms. The summed E-state index contributed by atoms with van der Waals surface area (Å²) in [6.07, 6.45) is 6.72. The summed E-state index contributed by atoms with van der Waals surface area (Å²) >= 11 is 0. The molecule has 1 aromatic rings. The molecular formula is C17H24N2O4. The van der Waals surface area contributed by atoms with Gasteiger partial charge in [-0.25, -0.2) is 5.06 Å². The summed E-state index contributed by atoms with van der Waals surface area (Å²) in [7, 11) is 0. The van der Waals surface area contributed by atoms with Crippen LogP contribution in [0.15, 0.2) is 23.0 Å². The zero-order valence-electron chi connectivity index (χ0n) is 13.4. The number of rotatable bonds is 3. The Morgan fingerprint density at radius 2 is 2.30 bits per heavy atom. The van der Waals surface area contributed by atoms with Gasteiger partial charge in [0.1, 0.15) is 0 Å². The van der Waals surface area contributed by atoms with Gasteiger partial charge in [-0.15, -0.1) is 0 Å². The monoisotopic (exact) mass is 320 g/mol. The average molecular weight is 320 g/mol. The van der Waals surface area contributed by atoms with Gasteiger partial charge in [-0.3, -0.25) is 14.5 Å². The number of piperidine rings is 1. The van der Waals surface area contributed by atoms with Crippen molar-refractivity contribution in [2.24, 2.45) is 11.8 Å². The predicted octanol–water partition coefficient (Wildman–Crippen LogP) is 1.67. The Hall–Kier alpha value is -1.37. The maximum Gasteiger partial charge on any atom is 0.251 e. The molecule has 0 saturated carbocycles. The van der Waals surface area contributed by atoms with Crippen LogP contribution >= 0.6 is 0 Å². The number of furan rings is 1. The topological polar surface area (TPSA) is 55.2 Å². The molecule has 3 fully saturated rings. The zero-order valence-corrected chi connectivity index (χ0v) is 13.4. The van der Waals surface area contributed by atoms with E-state index in [-0.39, 0.29) is 11.8 Å². The number of hydrogen-bond donors (Lipinski definition) is 0. The van der Waals surface area contributed by atoms with Crippen LogP contribution in [-0.4, -0.2) is 54.8 Å². The fourth-order valence-corrected chi connectivity index (χ4v) is 3.99. The van der Waals surface area contributed by atoms with E-state index in [0.29, 0.717) is 25.2 Å². The maximum absolute atomic E-state index is 12.5. The first kappa shape index (κ1) is 15.2. The first-order chi connectivity index (χ1) is 11.3. The van der Waals surface area contributed by atoms with Crippen molar-refractivity contribution in [1.82, 2.24) is 9.96 Å². The zero-order chi connectivity index (χ0) is 15.6. The summed E-state index contributed by atoms with van der Waals surface area (Å²) in [5.41, 5.74) is 1.21. The number of amides is 1. The van der Waals surface area contributed by atoms with Crippen LogP contribution in [0.1, 0.15) is 24.8 Å². The minimum Gasteiger partial charge on any atom is -0.472 e. The summed E-state index contributed by atoms with van der Waals surface area (Å²) in [6, 6.07) is 2.01. The van der Waals surface area contributed by atoms with Crippen LogP contribution in [0.4, 0.5) is 0 Å². The molecule has 0 radical (unpaired) electrons. The van der Waals surface area contributed by atoms with Crippen molar-refractivity contribution >= 4 is 5.91 Å². The molecule has 0 N–H and O–H groups in total. The molecule has 0 aromatic carbocycles. The third kappa shape index (κ3) is 3.29. The van der Waals surface area contributed by atoms with Crippen LogP contribution in [0.25, 0.3) is 0 Å². The normalized spacial score (nSPS) is 32.0. The van der Waals surface area contributed by atoms with Gasteiger partial charge in [-0.2, -0.15) is 0 Å². The van der Waals surface area contributed by atoms with Gasteiger partial charge in [0.2, 0.25) is 0 Å². The SMILES string of the molecule is O=C([C@@H]1CO[C@@H]2CCN(Cc3ccoc3)C[C@@H]2C1)N1CCCO1. The van der Waals surface area contributed by atoms with Gasteiger partial charge in [-0.05, 0) is 31.2 Å². The van der Waals surface area contributed by atoms with Gasteiger partial charge in [0, 0.05) is 25.2 Å². The van der Waals surface area contributed by atoms with Gasteiger partial charge in [-0.1, -0.05) is 0 Å². The minimum absolute atomic E-state index is 0.0526. The number of likely N-dealkylation sites (tertiary alicyclic amines) is 1. The van der Waals surface area contributed by atoms with E-state index >= 15 is 0 Å². The van der Waals surface area contributed by atoms with Crippen LogP contribution in [0.2, 0.25) is 0 Å². The molecule has 4 rings (SSSR count).